The van der Waals surface area contributed by atoms with Crippen molar-refractivity contribution in [2.24, 2.45) is 0 Å². The van der Waals surface area contributed by atoms with Gasteiger partial charge in [-0.2, -0.15) is 4.79 Å². The third-order valence-electron chi connectivity index (χ3n) is 7.29. The Morgan fingerprint density at radius 2 is 1.30 bits per heavy atom. The van der Waals surface area contributed by atoms with Crippen molar-refractivity contribution in [3.63, 3.8) is 0 Å². The van der Waals surface area contributed by atoms with Crippen LogP contribution in [0.15, 0.2) is 0 Å². The summed E-state index contributed by atoms with van der Waals surface area (Å²) in [6.07, 6.45) is 17.6. The van der Waals surface area contributed by atoms with Gasteiger partial charge in [0.15, 0.2) is 0 Å². The number of nitrogens with one attached hydrogen (secondary N) is 3. The van der Waals surface area contributed by atoms with E-state index in [-0.39, 0.29) is 24.7 Å². The van der Waals surface area contributed by atoms with Crippen LogP contribution in [0.4, 0.5) is 0 Å². The van der Waals surface area contributed by atoms with Crippen molar-refractivity contribution in [1.82, 2.24) is 16.0 Å². The highest BCUT2D eigenvalue weighted by Crippen LogP contribution is 2.13. The van der Waals surface area contributed by atoms with E-state index in [1.165, 1.54) is 64.7 Å². The lowest BCUT2D eigenvalue weighted by atomic mass is 10.0. The number of Topliss-reactive ketones (excluding diaryl/α,β-unsaturated/α-hetero) is 1. The molecule has 0 rings (SSSR count). The summed E-state index contributed by atoms with van der Waals surface area (Å²) < 4.78 is 5.26. The van der Waals surface area contributed by atoms with Gasteiger partial charge in [0, 0.05) is 26.3 Å². The summed E-state index contributed by atoms with van der Waals surface area (Å²) in [5, 5.41) is 8.17. The van der Waals surface area contributed by atoms with Crippen LogP contribution in [-0.4, -0.2) is 65.2 Å². The quantitative estimate of drug-likeness (QED) is 0.0350. The molecule has 252 valence electrons. The van der Waals surface area contributed by atoms with Crippen LogP contribution in [0.3, 0.4) is 0 Å². The van der Waals surface area contributed by atoms with Crippen LogP contribution in [0.2, 0.25) is 0 Å². The molecule has 0 aromatic rings. The number of hydrogen-bond donors (Lipinski definition) is 3. The van der Waals surface area contributed by atoms with E-state index in [4.69, 9.17) is 10.3 Å². The summed E-state index contributed by atoms with van der Waals surface area (Å²) in [6.45, 7) is 7.47. The van der Waals surface area contributed by atoms with Crippen molar-refractivity contribution < 1.29 is 33.5 Å². The van der Waals surface area contributed by atoms with Gasteiger partial charge in [-0.15, -0.1) is 0 Å². The number of hydrogen-bond acceptors (Lipinski definition) is 6. The lowest BCUT2D eigenvalue weighted by Gasteiger charge is -2.23. The van der Waals surface area contributed by atoms with Crippen LogP contribution < -0.4 is 16.0 Å². The molecule has 0 saturated carbocycles. The zero-order valence-corrected chi connectivity index (χ0v) is 27.8. The largest absolute Gasteiger partial charge is 0.461 e. The molecule has 44 heavy (non-hydrogen) atoms. The van der Waals surface area contributed by atoms with Crippen molar-refractivity contribution in [2.45, 2.75) is 168 Å². The molecule has 0 aliphatic heterocycles. The highest BCUT2D eigenvalue weighted by atomic mass is 16.5. The molecule has 0 aliphatic rings. The number of esters is 1. The summed E-state index contributed by atoms with van der Waals surface area (Å²) >= 11 is 0. The third-order valence-corrected chi connectivity index (χ3v) is 7.29. The van der Waals surface area contributed by atoms with E-state index in [2.05, 4.69) is 27.7 Å². The highest BCUT2D eigenvalue weighted by molar-refractivity contribution is 6.25. The first-order valence-corrected chi connectivity index (χ1v) is 16.9. The SMILES string of the molecule is CCCCCCCCCCCCCCCC(=O)NC(CCCCNC(C)=O)C(=O)NC(CCC(=O)C=[N+]=[N-])C(=O)OC(C)C. The first-order chi connectivity index (χ1) is 21.1. The van der Waals surface area contributed by atoms with E-state index in [0.29, 0.717) is 32.2 Å². The van der Waals surface area contributed by atoms with Gasteiger partial charge >= 0.3 is 12.2 Å². The fraction of sp³-hybridized carbons (Fsp3) is 0.818. The van der Waals surface area contributed by atoms with E-state index in [9.17, 15) is 24.0 Å². The Balaban J connectivity index is 4.82. The second-order valence-corrected chi connectivity index (χ2v) is 11.9. The normalized spacial score (nSPS) is 12.1. The molecule has 0 aromatic heterocycles. The van der Waals surface area contributed by atoms with E-state index in [1.54, 1.807) is 13.8 Å². The maximum Gasteiger partial charge on any atom is 0.328 e. The van der Waals surface area contributed by atoms with Crippen LogP contribution in [0.25, 0.3) is 5.53 Å². The highest BCUT2D eigenvalue weighted by Gasteiger charge is 2.28. The van der Waals surface area contributed by atoms with Crippen molar-refractivity contribution in [2.75, 3.05) is 6.54 Å². The lowest BCUT2D eigenvalue weighted by Crippen LogP contribution is -2.52. The molecule has 2 unspecified atom stereocenters. The van der Waals surface area contributed by atoms with Gasteiger partial charge in [0.1, 0.15) is 12.1 Å². The smallest absolute Gasteiger partial charge is 0.328 e. The van der Waals surface area contributed by atoms with Crippen LogP contribution >= 0.6 is 0 Å². The summed E-state index contributed by atoms with van der Waals surface area (Å²) in [7, 11) is 0. The molecular formula is C33H59N5O6. The minimum atomic E-state index is -1.11. The Morgan fingerprint density at radius 1 is 0.727 bits per heavy atom. The summed E-state index contributed by atoms with van der Waals surface area (Å²) in [5.74, 6) is -2.12. The molecule has 0 bridgehead atoms. The van der Waals surface area contributed by atoms with Gasteiger partial charge in [-0.05, 0) is 46.0 Å². The molecule has 0 radical (unpaired) electrons. The molecule has 0 spiro atoms. The summed E-state index contributed by atoms with van der Waals surface area (Å²) in [4.78, 5) is 64.3. The summed E-state index contributed by atoms with van der Waals surface area (Å²) in [5.41, 5.74) is 8.58. The van der Waals surface area contributed by atoms with E-state index in [0.717, 1.165) is 31.9 Å². The molecular weight excluding hydrogens is 562 g/mol. The molecule has 3 amide bonds. The molecule has 0 aliphatic carbocycles. The van der Waals surface area contributed by atoms with Crippen LogP contribution in [0.1, 0.15) is 150 Å². The number of carbonyl (C=O) groups excluding carboxylic acids is 5. The first-order valence-electron chi connectivity index (χ1n) is 16.9. The monoisotopic (exact) mass is 621 g/mol. The number of rotatable bonds is 28. The number of carbonyl (C=O) groups is 5. The maximum atomic E-state index is 13.3. The minimum absolute atomic E-state index is 0.0513. The Labute approximate surface area is 265 Å². The molecule has 3 N–H and O–H groups in total. The molecule has 0 fully saturated rings. The number of unbranched alkanes of at least 4 members (excludes halogenated alkanes) is 13. The Hall–Kier alpha value is -3.07. The number of amides is 3. The topological polar surface area (TPSA) is 167 Å². The first kappa shape index (κ1) is 40.9. The predicted octanol–water partition coefficient (Wildman–Crippen LogP) is 5.35. The zero-order valence-electron chi connectivity index (χ0n) is 27.8. The Bertz CT molecular complexity index is 888. The van der Waals surface area contributed by atoms with Gasteiger partial charge in [-0.1, -0.05) is 84.0 Å². The van der Waals surface area contributed by atoms with Crippen LogP contribution in [0, 0.1) is 0 Å². The second kappa shape index (κ2) is 27.5. The Kier molecular flexibility index (Phi) is 25.6. The van der Waals surface area contributed by atoms with Crippen molar-refractivity contribution in [1.29, 1.82) is 0 Å². The van der Waals surface area contributed by atoms with Gasteiger partial charge < -0.3 is 26.2 Å². The minimum Gasteiger partial charge on any atom is -0.461 e. The van der Waals surface area contributed by atoms with Gasteiger partial charge in [0.2, 0.25) is 23.5 Å². The average molecular weight is 622 g/mol. The van der Waals surface area contributed by atoms with Gasteiger partial charge in [-0.3, -0.25) is 19.2 Å². The predicted molar refractivity (Wildman–Crippen MR) is 172 cm³/mol. The fourth-order valence-corrected chi connectivity index (χ4v) is 4.83. The summed E-state index contributed by atoms with van der Waals surface area (Å²) in [6, 6.07) is -1.99. The number of ketones is 1. The number of nitrogens with zero attached hydrogens (tertiary/aromatic N) is 2. The standard InChI is InChI=1S/C33H59N5O6/c1-5-6-7-8-9-10-11-12-13-14-15-16-17-21-31(41)37-29(20-18-19-24-35-27(4)39)32(42)38-30(33(43)44-26(2)3)23-22-28(40)25-36-34/h25-26,29-30H,5-24H2,1-4H3,(H,35,39)(H,37,41)(H,38,42). The zero-order chi connectivity index (χ0) is 33.0. The van der Waals surface area contributed by atoms with Crippen LogP contribution in [-0.2, 0) is 28.7 Å². The number of ether oxygens (including phenoxy) is 1. The third kappa shape index (κ3) is 24.4. The molecule has 0 aromatic carbocycles. The molecule has 11 nitrogen and oxygen atoms in total. The van der Waals surface area contributed by atoms with E-state index >= 15 is 0 Å². The maximum absolute atomic E-state index is 13.3. The van der Waals surface area contributed by atoms with Crippen molar-refractivity contribution in [3.8, 4) is 0 Å². The van der Waals surface area contributed by atoms with Gasteiger partial charge in [-0.25, -0.2) is 4.79 Å². The lowest BCUT2D eigenvalue weighted by molar-refractivity contribution is -0.152. The van der Waals surface area contributed by atoms with Crippen molar-refractivity contribution >= 4 is 35.7 Å². The second-order valence-electron chi connectivity index (χ2n) is 11.9. The van der Waals surface area contributed by atoms with Gasteiger partial charge in [0.25, 0.3) is 0 Å². The van der Waals surface area contributed by atoms with Gasteiger partial charge in [0.05, 0.1) is 6.10 Å². The average Bonchev–Trinajstić information content (AvgIpc) is 2.96. The fourth-order valence-electron chi connectivity index (χ4n) is 4.83. The van der Waals surface area contributed by atoms with Crippen molar-refractivity contribution in [3.05, 3.63) is 5.53 Å². The van der Waals surface area contributed by atoms with Crippen LogP contribution in [0.5, 0.6) is 0 Å². The molecule has 2 atom stereocenters. The molecule has 0 saturated heterocycles. The molecule has 0 heterocycles. The van der Waals surface area contributed by atoms with E-state index < -0.39 is 35.8 Å². The van der Waals surface area contributed by atoms with E-state index in [1.807, 2.05) is 0 Å². The molecule has 11 heteroatoms. The Morgan fingerprint density at radius 3 is 1.82 bits per heavy atom.